The van der Waals surface area contributed by atoms with Crippen molar-refractivity contribution in [1.29, 1.82) is 0 Å². The molecule has 7 heteroatoms. The first-order valence-electron chi connectivity index (χ1n) is 48.0. The number of rotatable bonds is 16. The van der Waals surface area contributed by atoms with Crippen LogP contribution in [0.2, 0.25) is 0 Å². The molecule has 0 aliphatic carbocycles. The number of fused-ring (bicyclic) bond motifs is 12. The van der Waals surface area contributed by atoms with Crippen LogP contribution in [0.25, 0.3) is 209 Å². The lowest BCUT2D eigenvalue weighted by atomic mass is 9.86. The molecule has 0 amide bonds. The van der Waals surface area contributed by atoms with Gasteiger partial charge < -0.3 is 18.9 Å². The van der Waals surface area contributed by atoms with Crippen LogP contribution in [0, 0.1) is 6.92 Å². The number of aromatic nitrogens is 2. The quantitative estimate of drug-likeness (QED) is 0.0897. The van der Waals surface area contributed by atoms with Gasteiger partial charge in [0.1, 0.15) is 0 Å². The molecule has 0 atom stereocenters. The van der Waals surface area contributed by atoms with E-state index >= 15 is 0 Å². The predicted octanol–water partition coefficient (Wildman–Crippen LogP) is 38.1. The maximum atomic E-state index is 13.6. The van der Waals surface area contributed by atoms with Crippen LogP contribution in [-0.2, 0) is 6.18 Å². The first kappa shape index (κ1) is 84.6. The van der Waals surface area contributed by atoms with Gasteiger partial charge in [0.05, 0.1) is 27.6 Å². The number of nitrogens with zero attached hydrogens (tertiary/aromatic N) is 4. The first-order valence-corrected chi connectivity index (χ1v) is 48.0. The molecule has 2 aromatic heterocycles. The van der Waals surface area contributed by atoms with Gasteiger partial charge in [-0.3, -0.25) is 0 Å². The molecule has 141 heavy (non-hydrogen) atoms. The zero-order valence-corrected chi connectivity index (χ0v) is 77.1. The van der Waals surface area contributed by atoms with Crippen molar-refractivity contribution in [3.63, 3.8) is 0 Å². The average Bonchev–Trinajstić information content (AvgIpc) is 1.70. The van der Waals surface area contributed by atoms with E-state index in [9.17, 15) is 13.2 Å². The lowest BCUT2D eigenvalue weighted by molar-refractivity contribution is -0.137. The maximum Gasteiger partial charge on any atom is 0.416 e. The van der Waals surface area contributed by atoms with E-state index in [0.717, 1.165) is 96.1 Å². The Hall–Kier alpha value is -18.2. The Balaban J connectivity index is 0.000000149. The molecule has 0 aliphatic rings. The minimum absolute atomic E-state index is 0.668. The van der Waals surface area contributed by atoms with Gasteiger partial charge in [0.15, 0.2) is 0 Å². The van der Waals surface area contributed by atoms with Gasteiger partial charge in [-0.05, 0) is 306 Å². The molecule has 0 N–H and O–H groups in total. The van der Waals surface area contributed by atoms with Gasteiger partial charge in [-0.15, -0.1) is 0 Å². The third kappa shape index (κ3) is 15.3. The summed E-state index contributed by atoms with van der Waals surface area (Å²) in [5.41, 5.74) is 31.6. The zero-order chi connectivity index (χ0) is 94.2. The van der Waals surface area contributed by atoms with Crippen LogP contribution >= 0.6 is 0 Å². The van der Waals surface area contributed by atoms with Gasteiger partial charge in [0, 0.05) is 67.0 Å². The Labute approximate surface area is 815 Å². The number of halogens is 3. The molecular formula is C134H89F3N4. The third-order valence-corrected chi connectivity index (χ3v) is 28.2. The topological polar surface area (TPSA) is 16.3 Å². The van der Waals surface area contributed by atoms with Gasteiger partial charge in [-0.2, -0.15) is 13.2 Å². The van der Waals surface area contributed by atoms with E-state index in [4.69, 9.17) is 0 Å². The van der Waals surface area contributed by atoms with Crippen LogP contribution in [-0.4, -0.2) is 9.13 Å². The smallest absolute Gasteiger partial charge is 0.310 e. The van der Waals surface area contributed by atoms with Crippen LogP contribution in [0.15, 0.2) is 522 Å². The Bertz CT molecular complexity index is 9160. The summed E-state index contributed by atoms with van der Waals surface area (Å²) >= 11 is 0. The molecule has 0 saturated carbocycles. The molecule has 666 valence electrons. The number of anilines is 6. The zero-order valence-electron chi connectivity index (χ0n) is 77.1. The molecule has 0 fully saturated rings. The summed E-state index contributed by atoms with van der Waals surface area (Å²) in [6.45, 7) is 2.14. The van der Waals surface area contributed by atoms with E-state index in [1.165, 1.54) is 159 Å². The average molecular weight is 1810 g/mol. The molecule has 0 radical (unpaired) electrons. The summed E-state index contributed by atoms with van der Waals surface area (Å²) in [7, 11) is 0. The molecule has 0 spiro atoms. The molecule has 26 aromatic rings. The van der Waals surface area contributed by atoms with E-state index in [0.29, 0.717) is 5.56 Å². The SMILES string of the molecule is Cc1ccc(-c2ccc3c(c2)c2cc(N(c4ccc(-c5cccc6ccccc56)cc4)c4ccc(-c5c6ccccc6c(-c6ccccc6)c6ccccc56)cc4)ccc2n3-c2ccccc2)cc1.FC(F)(F)c1ccc(-c2ccc3c(c2)c2cc(N(c4ccc(-c5cccc6ccccc56)cc4)c4ccc(-c5c6ccccc6c(-c6ccccc6)c6ccccc56)cc4)ccc2n3-c2ccccc2)cc1. The second kappa shape index (κ2) is 35.5. The molecule has 26 rings (SSSR count). The predicted molar refractivity (Wildman–Crippen MR) is 589 cm³/mol. The molecule has 0 saturated heterocycles. The minimum Gasteiger partial charge on any atom is -0.310 e. The lowest BCUT2D eigenvalue weighted by Crippen LogP contribution is -2.10. The number of benzene rings is 24. The number of aryl methyl sites for hydroxylation is 1. The van der Waals surface area contributed by atoms with Crippen LogP contribution in [0.3, 0.4) is 0 Å². The highest BCUT2D eigenvalue weighted by atomic mass is 19.4. The molecule has 4 nitrogen and oxygen atoms in total. The Morgan fingerprint density at radius 2 is 0.418 bits per heavy atom. The van der Waals surface area contributed by atoms with Gasteiger partial charge in [-0.1, -0.05) is 382 Å². The summed E-state index contributed by atoms with van der Waals surface area (Å²) in [5, 5.41) is 19.1. The summed E-state index contributed by atoms with van der Waals surface area (Å²) in [6.07, 6.45) is -4.42. The molecule has 2 heterocycles. The van der Waals surface area contributed by atoms with Crippen LogP contribution in [0.4, 0.5) is 47.3 Å². The fraction of sp³-hybridized carbons (Fsp3) is 0.0149. The molecular weight excluding hydrogens is 1720 g/mol. The van der Waals surface area contributed by atoms with Crippen LogP contribution in [0.1, 0.15) is 11.1 Å². The fourth-order valence-corrected chi connectivity index (χ4v) is 21.7. The van der Waals surface area contributed by atoms with Crippen molar-refractivity contribution >= 4 is 142 Å². The minimum atomic E-state index is -4.42. The van der Waals surface area contributed by atoms with Crippen molar-refractivity contribution in [1.82, 2.24) is 9.13 Å². The number of alkyl halides is 3. The molecule has 0 bridgehead atoms. The van der Waals surface area contributed by atoms with Crippen molar-refractivity contribution in [2.75, 3.05) is 9.80 Å². The molecule has 24 aromatic carbocycles. The van der Waals surface area contributed by atoms with Crippen molar-refractivity contribution in [3.05, 3.63) is 533 Å². The summed E-state index contributed by atoms with van der Waals surface area (Å²) in [4.78, 5) is 4.73. The van der Waals surface area contributed by atoms with E-state index in [1.807, 2.05) is 24.3 Å². The Kier molecular flexibility index (Phi) is 21.3. The van der Waals surface area contributed by atoms with E-state index in [1.54, 1.807) is 12.1 Å². The second-order valence-electron chi connectivity index (χ2n) is 36.5. The number of hydrogen-bond donors (Lipinski definition) is 0. The highest BCUT2D eigenvalue weighted by molar-refractivity contribution is 6.24. The molecule has 0 aliphatic heterocycles. The third-order valence-electron chi connectivity index (χ3n) is 28.2. The van der Waals surface area contributed by atoms with Gasteiger partial charge in [0.25, 0.3) is 0 Å². The van der Waals surface area contributed by atoms with Crippen LogP contribution in [0.5, 0.6) is 0 Å². The fourth-order valence-electron chi connectivity index (χ4n) is 21.7. The Morgan fingerprint density at radius 3 is 0.745 bits per heavy atom. The normalized spacial score (nSPS) is 11.7. The molecule has 0 unspecified atom stereocenters. The number of hydrogen-bond acceptors (Lipinski definition) is 2. The van der Waals surface area contributed by atoms with Crippen molar-refractivity contribution < 1.29 is 13.2 Å². The Morgan fingerprint density at radius 1 is 0.177 bits per heavy atom. The van der Waals surface area contributed by atoms with Gasteiger partial charge in [-0.25, -0.2) is 0 Å². The van der Waals surface area contributed by atoms with E-state index in [-0.39, 0.29) is 0 Å². The maximum absolute atomic E-state index is 13.6. The summed E-state index contributed by atoms with van der Waals surface area (Å²) in [6, 6.07) is 185. The summed E-state index contributed by atoms with van der Waals surface area (Å²) in [5.74, 6) is 0. The highest BCUT2D eigenvalue weighted by Gasteiger charge is 2.31. The standard InChI is InChI=1S/C67H43F3N2.C67H46N2/c68-67(69,70)50-33-26-44(27-34-50)49-32-40-63-61(42-49)62-43-54(39-41-64(62)72(63)51-18-5-2-6-19-51)71(52-35-28-46(29-36-52)56-25-13-17-45-14-7-8-20-55(45)56)53-37-30-48(31-38-53)66-59-23-11-9-21-57(59)65(47-15-3-1-4-16-47)58-22-10-12-24-60(58)66;1-45-27-29-46(30-28-45)51-35-41-64-62(43-51)63-44-55(40-42-65(63)69(64)52-19-6-3-7-20-52)68(53-36-31-48(32-37-53)57-26-14-18-47-15-8-9-21-56(47)57)54-38-33-50(34-39-54)67-60-24-12-10-22-58(60)66(49-16-4-2-5-17-49)59-23-11-13-25-61(59)67/h1-43H;2-44H,1H3. The van der Waals surface area contributed by atoms with E-state index in [2.05, 4.69) is 499 Å². The van der Waals surface area contributed by atoms with Crippen molar-refractivity contribution in [2.45, 2.75) is 13.1 Å². The number of para-hydroxylation sites is 2. The van der Waals surface area contributed by atoms with Crippen molar-refractivity contribution in [3.8, 4) is 100 Å². The van der Waals surface area contributed by atoms with Gasteiger partial charge in [0.2, 0.25) is 0 Å². The van der Waals surface area contributed by atoms with Crippen molar-refractivity contribution in [2.24, 2.45) is 0 Å². The van der Waals surface area contributed by atoms with Gasteiger partial charge >= 0.3 is 6.18 Å². The lowest BCUT2D eigenvalue weighted by Gasteiger charge is -2.26. The van der Waals surface area contributed by atoms with E-state index < -0.39 is 11.7 Å². The monoisotopic (exact) mass is 1810 g/mol. The largest absolute Gasteiger partial charge is 0.416 e. The summed E-state index contributed by atoms with van der Waals surface area (Å²) < 4.78 is 45.6. The highest BCUT2D eigenvalue weighted by Crippen LogP contribution is 2.51. The van der Waals surface area contributed by atoms with Crippen LogP contribution < -0.4 is 9.80 Å². The second-order valence-corrected chi connectivity index (χ2v) is 36.5. The first-order chi connectivity index (χ1) is 69.5.